The molecule has 48 valence electrons. The van der Waals surface area contributed by atoms with Crippen LogP contribution in [0.5, 0.6) is 0 Å². The first-order chi connectivity index (χ1) is 4.47. The van der Waals surface area contributed by atoms with Crippen molar-refractivity contribution in [3.8, 4) is 0 Å². The first-order valence-corrected chi connectivity index (χ1v) is 4.33. The molecule has 0 aromatic carbocycles. The van der Waals surface area contributed by atoms with Crippen molar-refractivity contribution in [1.29, 1.82) is 0 Å². The second kappa shape index (κ2) is 2.18. The summed E-state index contributed by atoms with van der Waals surface area (Å²) >= 11 is 1.98. The standard InChI is InChI=1S/C7H9NS/c1-2-6-3-5-9-7(6)8-4-1/h1-2,4,6-7H,3,5H2. The lowest BCUT2D eigenvalue weighted by Gasteiger charge is -2.11. The van der Waals surface area contributed by atoms with E-state index >= 15 is 0 Å². The highest BCUT2D eigenvalue weighted by Crippen LogP contribution is 2.34. The van der Waals surface area contributed by atoms with E-state index in [4.69, 9.17) is 0 Å². The highest BCUT2D eigenvalue weighted by atomic mass is 32.2. The van der Waals surface area contributed by atoms with Crippen LogP contribution < -0.4 is 0 Å². The molecule has 0 aliphatic carbocycles. The Morgan fingerprint density at radius 1 is 1.56 bits per heavy atom. The molecule has 1 saturated heterocycles. The summed E-state index contributed by atoms with van der Waals surface area (Å²) in [6.45, 7) is 0. The Bertz CT molecular complexity index is 144. The summed E-state index contributed by atoms with van der Waals surface area (Å²) in [7, 11) is 0. The predicted octanol–water partition coefficient (Wildman–Crippen LogP) is 1.71. The van der Waals surface area contributed by atoms with Gasteiger partial charge in [-0.2, -0.15) is 0 Å². The molecule has 2 aliphatic rings. The fourth-order valence-corrected chi connectivity index (χ4v) is 2.54. The molecule has 0 aromatic heterocycles. The lowest BCUT2D eigenvalue weighted by Crippen LogP contribution is -2.08. The van der Waals surface area contributed by atoms with Crippen molar-refractivity contribution in [1.82, 2.24) is 0 Å². The van der Waals surface area contributed by atoms with Crippen LogP contribution in [0.15, 0.2) is 17.1 Å². The molecule has 2 heteroatoms. The van der Waals surface area contributed by atoms with Gasteiger partial charge in [0.2, 0.25) is 0 Å². The largest absolute Gasteiger partial charge is 0.278 e. The molecule has 2 rings (SSSR count). The molecule has 1 fully saturated rings. The molecule has 9 heavy (non-hydrogen) atoms. The lowest BCUT2D eigenvalue weighted by atomic mass is 10.1. The van der Waals surface area contributed by atoms with Gasteiger partial charge in [-0.1, -0.05) is 6.08 Å². The summed E-state index contributed by atoms with van der Waals surface area (Å²) in [6, 6.07) is 0. The van der Waals surface area contributed by atoms with Crippen molar-refractivity contribution in [2.75, 3.05) is 5.75 Å². The van der Waals surface area contributed by atoms with E-state index in [0.29, 0.717) is 5.37 Å². The highest BCUT2D eigenvalue weighted by Gasteiger charge is 2.25. The van der Waals surface area contributed by atoms with Crippen LogP contribution in [0, 0.1) is 5.92 Å². The molecular formula is C7H9NS. The average molecular weight is 139 g/mol. The molecule has 0 N–H and O–H groups in total. The summed E-state index contributed by atoms with van der Waals surface area (Å²) in [6.07, 6.45) is 7.58. The SMILES string of the molecule is C1=CC2CCSC2N=C1. The van der Waals surface area contributed by atoms with E-state index in [1.807, 2.05) is 18.0 Å². The number of thioether (sulfide) groups is 1. The maximum absolute atomic E-state index is 4.34. The van der Waals surface area contributed by atoms with Crippen LogP contribution in [-0.4, -0.2) is 17.3 Å². The Morgan fingerprint density at radius 2 is 2.56 bits per heavy atom. The highest BCUT2D eigenvalue weighted by molar-refractivity contribution is 8.00. The maximum Gasteiger partial charge on any atom is 0.101 e. The number of rotatable bonds is 0. The lowest BCUT2D eigenvalue weighted by molar-refractivity contribution is 0.639. The quantitative estimate of drug-likeness (QED) is 0.497. The number of dihydropyridines is 1. The molecule has 2 unspecified atom stereocenters. The predicted molar refractivity (Wildman–Crippen MR) is 42.0 cm³/mol. The maximum atomic E-state index is 4.34. The Kier molecular flexibility index (Phi) is 1.34. The molecule has 0 amide bonds. The second-order valence-corrected chi connectivity index (χ2v) is 3.62. The van der Waals surface area contributed by atoms with Gasteiger partial charge in [0, 0.05) is 12.1 Å². The number of allylic oxidation sites excluding steroid dienone is 1. The van der Waals surface area contributed by atoms with Crippen LogP contribution in [0.3, 0.4) is 0 Å². The summed E-state index contributed by atoms with van der Waals surface area (Å²) in [4.78, 5) is 4.34. The van der Waals surface area contributed by atoms with Crippen LogP contribution in [0.4, 0.5) is 0 Å². The minimum atomic E-state index is 0.565. The van der Waals surface area contributed by atoms with Gasteiger partial charge in [-0.3, -0.25) is 4.99 Å². The van der Waals surface area contributed by atoms with E-state index < -0.39 is 0 Å². The fourth-order valence-electron chi connectivity index (χ4n) is 1.26. The summed E-state index contributed by atoms with van der Waals surface area (Å²) < 4.78 is 0. The number of hydrogen-bond acceptors (Lipinski definition) is 2. The van der Waals surface area contributed by atoms with E-state index in [0.717, 1.165) is 5.92 Å². The van der Waals surface area contributed by atoms with Crippen molar-refractivity contribution >= 4 is 18.0 Å². The minimum absolute atomic E-state index is 0.565. The van der Waals surface area contributed by atoms with E-state index in [-0.39, 0.29) is 0 Å². The molecule has 0 spiro atoms. The fraction of sp³-hybridized carbons (Fsp3) is 0.571. The smallest absolute Gasteiger partial charge is 0.101 e. The normalized spacial score (nSPS) is 39.1. The number of hydrogen-bond donors (Lipinski definition) is 0. The molecule has 2 aliphatic heterocycles. The number of nitrogens with zero attached hydrogens (tertiary/aromatic N) is 1. The molecule has 1 nitrogen and oxygen atoms in total. The Hall–Kier alpha value is -0.240. The first-order valence-electron chi connectivity index (χ1n) is 3.28. The zero-order valence-corrected chi connectivity index (χ0v) is 5.97. The third kappa shape index (κ3) is 0.917. The Balaban J connectivity index is 2.18. The van der Waals surface area contributed by atoms with Crippen LogP contribution in [0.25, 0.3) is 0 Å². The summed E-state index contributed by atoms with van der Waals surface area (Å²) in [5, 5.41) is 0.565. The van der Waals surface area contributed by atoms with Gasteiger partial charge in [0.05, 0.1) is 0 Å². The van der Waals surface area contributed by atoms with Crippen molar-refractivity contribution in [2.24, 2.45) is 10.9 Å². The van der Waals surface area contributed by atoms with Gasteiger partial charge in [-0.15, -0.1) is 11.8 Å². The third-order valence-electron chi connectivity index (χ3n) is 1.78. The van der Waals surface area contributed by atoms with Gasteiger partial charge in [0.1, 0.15) is 5.37 Å². The number of fused-ring (bicyclic) bond motifs is 1. The summed E-state index contributed by atoms with van der Waals surface area (Å²) in [5.41, 5.74) is 0. The van der Waals surface area contributed by atoms with Gasteiger partial charge in [-0.05, 0) is 18.2 Å². The first kappa shape index (κ1) is 5.54. The molecule has 0 bridgehead atoms. The molecule has 0 saturated carbocycles. The van der Waals surface area contributed by atoms with Gasteiger partial charge in [0.15, 0.2) is 0 Å². The third-order valence-corrected chi connectivity index (χ3v) is 3.07. The molecule has 2 heterocycles. The van der Waals surface area contributed by atoms with Crippen LogP contribution in [0.1, 0.15) is 6.42 Å². The van der Waals surface area contributed by atoms with Crippen molar-refractivity contribution < 1.29 is 0 Å². The topological polar surface area (TPSA) is 12.4 Å². The van der Waals surface area contributed by atoms with Crippen LogP contribution >= 0.6 is 11.8 Å². The Morgan fingerprint density at radius 3 is 3.44 bits per heavy atom. The number of aliphatic imine (C=N–C) groups is 1. The summed E-state index contributed by atoms with van der Waals surface area (Å²) in [5.74, 6) is 2.04. The van der Waals surface area contributed by atoms with Crippen molar-refractivity contribution in [3.63, 3.8) is 0 Å². The van der Waals surface area contributed by atoms with Gasteiger partial charge in [-0.25, -0.2) is 0 Å². The zero-order chi connectivity index (χ0) is 6.10. The Labute approximate surface area is 59.2 Å². The van der Waals surface area contributed by atoms with Crippen molar-refractivity contribution in [2.45, 2.75) is 11.8 Å². The molecular weight excluding hydrogens is 130 g/mol. The van der Waals surface area contributed by atoms with Crippen LogP contribution in [0.2, 0.25) is 0 Å². The van der Waals surface area contributed by atoms with Gasteiger partial charge in [0.25, 0.3) is 0 Å². The van der Waals surface area contributed by atoms with E-state index in [9.17, 15) is 0 Å². The molecule has 2 atom stereocenters. The van der Waals surface area contributed by atoms with Gasteiger partial charge >= 0.3 is 0 Å². The zero-order valence-electron chi connectivity index (χ0n) is 5.16. The minimum Gasteiger partial charge on any atom is -0.278 e. The molecule has 0 radical (unpaired) electrons. The van der Waals surface area contributed by atoms with E-state index in [1.165, 1.54) is 12.2 Å². The van der Waals surface area contributed by atoms with Crippen LogP contribution in [-0.2, 0) is 0 Å². The van der Waals surface area contributed by atoms with E-state index in [2.05, 4.69) is 17.1 Å². The van der Waals surface area contributed by atoms with Gasteiger partial charge < -0.3 is 0 Å². The monoisotopic (exact) mass is 139 g/mol. The average Bonchev–Trinajstić information content (AvgIpc) is 2.33. The van der Waals surface area contributed by atoms with Crippen molar-refractivity contribution in [3.05, 3.63) is 12.2 Å². The molecule has 0 aromatic rings. The second-order valence-electron chi connectivity index (χ2n) is 2.40. The van der Waals surface area contributed by atoms with E-state index in [1.54, 1.807) is 0 Å².